The highest BCUT2D eigenvalue weighted by atomic mass is 16.6. The summed E-state index contributed by atoms with van der Waals surface area (Å²) in [7, 11) is 0. The molecule has 0 radical (unpaired) electrons. The Balaban J connectivity index is 0.000000220. The molecule has 2 heterocycles. The van der Waals surface area contributed by atoms with E-state index in [-0.39, 0.29) is 12.2 Å². The normalized spacial score (nSPS) is 10.1. The fourth-order valence-electron chi connectivity index (χ4n) is 1.19. The van der Waals surface area contributed by atoms with E-state index in [4.69, 9.17) is 9.47 Å². The van der Waals surface area contributed by atoms with E-state index >= 15 is 0 Å². The summed E-state index contributed by atoms with van der Waals surface area (Å²) in [6, 6.07) is 0. The number of rotatable bonds is 2. The zero-order chi connectivity index (χ0) is 16.5. The average Bonchev–Trinajstić information content (AvgIpc) is 3.12. The predicted molar refractivity (Wildman–Crippen MR) is 76.3 cm³/mol. The van der Waals surface area contributed by atoms with Crippen molar-refractivity contribution in [2.75, 3.05) is 0 Å². The molecule has 0 aromatic carbocycles. The van der Waals surface area contributed by atoms with Crippen molar-refractivity contribution in [2.45, 2.75) is 39.9 Å². The minimum Gasteiger partial charge on any atom is -0.446 e. The molecule has 0 saturated heterocycles. The number of aromatic nitrogens is 5. The highest BCUT2D eigenvalue weighted by molar-refractivity contribution is 5.70. The topological polar surface area (TPSA) is 101 Å². The van der Waals surface area contributed by atoms with E-state index < -0.39 is 12.2 Å². The second kappa shape index (κ2) is 8.55. The van der Waals surface area contributed by atoms with Gasteiger partial charge in [-0.1, -0.05) is 0 Å². The summed E-state index contributed by atoms with van der Waals surface area (Å²) in [5.74, 6) is 0. The minimum atomic E-state index is -0.502. The highest BCUT2D eigenvalue weighted by Crippen LogP contribution is 1.94. The monoisotopic (exact) mass is 309 g/mol. The second-order valence-electron chi connectivity index (χ2n) is 4.68. The molecule has 0 N–H and O–H groups in total. The standard InChI is InChI=1S/C7H10N2O2.C6H9N3O2/c1-6(2)11-7(10)9-4-3-8-5-9;1-5(2)11-6(10)9-4-7-3-8-9/h3-6H,1-2H3;3-5H,1-2H3. The van der Waals surface area contributed by atoms with Crippen LogP contribution in [-0.2, 0) is 9.47 Å². The minimum absolute atomic E-state index is 0.0927. The van der Waals surface area contributed by atoms with Crippen molar-refractivity contribution in [3.05, 3.63) is 31.4 Å². The lowest BCUT2D eigenvalue weighted by Crippen LogP contribution is -2.18. The number of hydrogen-bond acceptors (Lipinski definition) is 7. The van der Waals surface area contributed by atoms with Gasteiger partial charge in [0.05, 0.1) is 12.2 Å². The van der Waals surface area contributed by atoms with E-state index in [1.807, 2.05) is 0 Å². The molecule has 0 aliphatic rings. The van der Waals surface area contributed by atoms with Gasteiger partial charge in [-0.05, 0) is 27.7 Å². The van der Waals surface area contributed by atoms with Crippen molar-refractivity contribution < 1.29 is 19.1 Å². The summed E-state index contributed by atoms with van der Waals surface area (Å²) in [5.41, 5.74) is 0. The molecule has 0 unspecified atom stereocenters. The number of imidazole rings is 1. The highest BCUT2D eigenvalue weighted by Gasteiger charge is 2.07. The molecule has 9 heteroatoms. The zero-order valence-corrected chi connectivity index (χ0v) is 12.9. The van der Waals surface area contributed by atoms with Gasteiger partial charge in [0.2, 0.25) is 0 Å². The van der Waals surface area contributed by atoms with Gasteiger partial charge in [-0.15, -0.1) is 5.10 Å². The van der Waals surface area contributed by atoms with Crippen LogP contribution in [0.25, 0.3) is 0 Å². The van der Waals surface area contributed by atoms with Crippen LogP contribution in [-0.4, -0.2) is 48.7 Å². The Morgan fingerprint density at radius 1 is 0.955 bits per heavy atom. The quantitative estimate of drug-likeness (QED) is 0.835. The summed E-state index contributed by atoms with van der Waals surface area (Å²) < 4.78 is 12.0. The maximum Gasteiger partial charge on any atom is 0.436 e. The van der Waals surface area contributed by atoms with E-state index in [0.717, 1.165) is 4.68 Å². The molecular weight excluding hydrogens is 290 g/mol. The van der Waals surface area contributed by atoms with Gasteiger partial charge in [0.15, 0.2) is 0 Å². The summed E-state index contributed by atoms with van der Waals surface area (Å²) in [6.07, 6.45) is 5.94. The first-order chi connectivity index (χ1) is 10.4. The summed E-state index contributed by atoms with van der Waals surface area (Å²) in [5, 5.41) is 3.60. The molecule has 0 saturated carbocycles. The van der Waals surface area contributed by atoms with Crippen molar-refractivity contribution in [1.29, 1.82) is 0 Å². The molecule has 2 aromatic heterocycles. The third-order valence-corrected chi connectivity index (χ3v) is 1.99. The van der Waals surface area contributed by atoms with Gasteiger partial charge >= 0.3 is 12.2 Å². The van der Waals surface area contributed by atoms with E-state index in [9.17, 15) is 9.59 Å². The van der Waals surface area contributed by atoms with Crippen molar-refractivity contribution in [2.24, 2.45) is 0 Å². The van der Waals surface area contributed by atoms with Crippen LogP contribution in [0.1, 0.15) is 27.7 Å². The number of nitrogens with zero attached hydrogens (tertiary/aromatic N) is 5. The fraction of sp³-hybridized carbons (Fsp3) is 0.462. The molecule has 0 amide bonds. The molecule has 0 aliphatic carbocycles. The SMILES string of the molecule is CC(C)OC(=O)n1ccnc1.CC(C)OC(=O)n1cncn1. The Kier molecular flexibility index (Phi) is 6.74. The Labute approximate surface area is 127 Å². The molecule has 120 valence electrons. The van der Waals surface area contributed by atoms with Crippen LogP contribution in [0.15, 0.2) is 31.4 Å². The van der Waals surface area contributed by atoms with Crippen LogP contribution in [0, 0.1) is 0 Å². The van der Waals surface area contributed by atoms with E-state index in [1.165, 1.54) is 29.7 Å². The summed E-state index contributed by atoms with van der Waals surface area (Å²) in [6.45, 7) is 7.15. The maximum atomic E-state index is 11.0. The first kappa shape index (κ1) is 17.3. The van der Waals surface area contributed by atoms with E-state index in [2.05, 4.69) is 15.1 Å². The van der Waals surface area contributed by atoms with Crippen LogP contribution in [0.4, 0.5) is 9.59 Å². The second-order valence-corrected chi connectivity index (χ2v) is 4.68. The van der Waals surface area contributed by atoms with Crippen molar-refractivity contribution in [3.8, 4) is 0 Å². The molecule has 22 heavy (non-hydrogen) atoms. The smallest absolute Gasteiger partial charge is 0.436 e. The van der Waals surface area contributed by atoms with E-state index in [0.29, 0.717) is 0 Å². The first-order valence-electron chi connectivity index (χ1n) is 6.64. The van der Waals surface area contributed by atoms with Gasteiger partial charge < -0.3 is 9.47 Å². The third-order valence-electron chi connectivity index (χ3n) is 1.99. The van der Waals surface area contributed by atoms with Gasteiger partial charge in [-0.2, -0.15) is 4.68 Å². The molecule has 9 nitrogen and oxygen atoms in total. The lowest BCUT2D eigenvalue weighted by molar-refractivity contribution is 0.113. The Bertz CT molecular complexity index is 511. The zero-order valence-electron chi connectivity index (χ0n) is 12.9. The number of hydrogen-bond donors (Lipinski definition) is 0. The van der Waals surface area contributed by atoms with Gasteiger partial charge in [0.1, 0.15) is 19.0 Å². The van der Waals surface area contributed by atoms with E-state index in [1.54, 1.807) is 33.9 Å². The van der Waals surface area contributed by atoms with Gasteiger partial charge in [-0.25, -0.2) is 24.1 Å². The van der Waals surface area contributed by atoms with Crippen molar-refractivity contribution >= 4 is 12.2 Å². The Hall–Kier alpha value is -2.71. The molecule has 2 aromatic rings. The number of carbonyl (C=O) groups excluding carboxylic acids is 2. The molecule has 0 bridgehead atoms. The summed E-state index contributed by atoms with van der Waals surface area (Å²) >= 11 is 0. The van der Waals surface area contributed by atoms with Gasteiger partial charge in [0, 0.05) is 12.4 Å². The largest absolute Gasteiger partial charge is 0.446 e. The van der Waals surface area contributed by atoms with Crippen LogP contribution in [0.3, 0.4) is 0 Å². The number of carbonyl (C=O) groups is 2. The van der Waals surface area contributed by atoms with Crippen LogP contribution in [0.5, 0.6) is 0 Å². The third kappa shape index (κ3) is 6.16. The molecule has 0 atom stereocenters. The molecule has 0 fully saturated rings. The average molecular weight is 309 g/mol. The Morgan fingerprint density at radius 3 is 2.05 bits per heavy atom. The summed E-state index contributed by atoms with van der Waals surface area (Å²) in [4.78, 5) is 29.3. The lowest BCUT2D eigenvalue weighted by Gasteiger charge is -2.06. The first-order valence-corrected chi connectivity index (χ1v) is 6.64. The van der Waals surface area contributed by atoms with Gasteiger partial charge in [-0.3, -0.25) is 0 Å². The molecule has 0 aliphatic heterocycles. The molecule has 0 spiro atoms. The van der Waals surface area contributed by atoms with Crippen LogP contribution >= 0.6 is 0 Å². The maximum absolute atomic E-state index is 11.0. The predicted octanol–water partition coefficient (Wildman–Crippen LogP) is 1.95. The van der Waals surface area contributed by atoms with Crippen molar-refractivity contribution in [3.63, 3.8) is 0 Å². The fourth-order valence-corrected chi connectivity index (χ4v) is 1.19. The lowest BCUT2D eigenvalue weighted by atomic mass is 10.5. The number of ether oxygens (including phenoxy) is 2. The van der Waals surface area contributed by atoms with Crippen LogP contribution in [0.2, 0.25) is 0 Å². The Morgan fingerprint density at radius 2 is 1.59 bits per heavy atom. The molecule has 2 rings (SSSR count). The van der Waals surface area contributed by atoms with Gasteiger partial charge in [0.25, 0.3) is 0 Å². The molecular formula is C13H19N5O4. The van der Waals surface area contributed by atoms with Crippen LogP contribution < -0.4 is 0 Å². The van der Waals surface area contributed by atoms with Crippen molar-refractivity contribution in [1.82, 2.24) is 24.3 Å².